The topological polar surface area (TPSA) is 115 Å². The molecule has 0 bridgehead atoms. The number of methoxy groups -OCH3 is 4. The van der Waals surface area contributed by atoms with Gasteiger partial charge in [-0.25, -0.2) is 14.6 Å². The lowest BCUT2D eigenvalue weighted by molar-refractivity contribution is -0.140. The molecule has 2 heterocycles. The van der Waals surface area contributed by atoms with Crippen LogP contribution in [-0.4, -0.2) is 51.6 Å². The number of aromatic nitrogens is 1. The summed E-state index contributed by atoms with van der Waals surface area (Å²) in [5.41, 5.74) is 1.96. The third-order valence-electron chi connectivity index (χ3n) is 6.42. The Labute approximate surface area is 241 Å². The van der Waals surface area contributed by atoms with Crippen molar-refractivity contribution in [2.45, 2.75) is 26.8 Å². The van der Waals surface area contributed by atoms with Crippen molar-refractivity contribution in [3.8, 4) is 17.2 Å². The van der Waals surface area contributed by atoms with Gasteiger partial charge in [0.2, 0.25) is 5.75 Å². The zero-order valence-electron chi connectivity index (χ0n) is 24.0. The minimum absolute atomic E-state index is 0.122. The molecule has 11 heteroatoms. The van der Waals surface area contributed by atoms with E-state index in [-0.39, 0.29) is 23.7 Å². The molecule has 0 fully saturated rings. The van der Waals surface area contributed by atoms with Crippen LogP contribution in [0.15, 0.2) is 57.5 Å². The van der Waals surface area contributed by atoms with E-state index in [1.807, 2.05) is 13.8 Å². The number of hydrogen-bond acceptors (Lipinski definition) is 10. The number of carbonyl (C=O) groups is 2. The molecule has 1 unspecified atom stereocenters. The van der Waals surface area contributed by atoms with Crippen LogP contribution in [-0.2, 0) is 14.3 Å². The molecule has 0 saturated heterocycles. The van der Waals surface area contributed by atoms with Crippen molar-refractivity contribution in [3.63, 3.8) is 0 Å². The van der Waals surface area contributed by atoms with Crippen LogP contribution in [0.3, 0.4) is 0 Å². The van der Waals surface area contributed by atoms with Gasteiger partial charge >= 0.3 is 11.9 Å². The second-order valence-corrected chi connectivity index (χ2v) is 10.7. The third kappa shape index (κ3) is 5.90. The number of nitrogens with zero attached hydrogens (tertiary/aromatic N) is 2. The van der Waals surface area contributed by atoms with Crippen molar-refractivity contribution in [1.82, 2.24) is 4.57 Å². The van der Waals surface area contributed by atoms with Crippen LogP contribution in [0.4, 0.5) is 0 Å². The predicted molar refractivity (Wildman–Crippen MR) is 153 cm³/mol. The number of fused-ring (bicyclic) bond motifs is 1. The van der Waals surface area contributed by atoms with E-state index in [0.29, 0.717) is 49.0 Å². The molecule has 3 aromatic rings. The number of hydrogen-bond donors (Lipinski definition) is 0. The maximum absolute atomic E-state index is 13.9. The quantitative estimate of drug-likeness (QED) is 0.355. The Balaban J connectivity index is 1.91. The molecule has 0 N–H and O–H groups in total. The molecule has 0 amide bonds. The summed E-state index contributed by atoms with van der Waals surface area (Å²) in [7, 11) is 5.85. The van der Waals surface area contributed by atoms with E-state index in [1.54, 1.807) is 49.4 Å². The molecule has 0 radical (unpaired) electrons. The second-order valence-electron chi connectivity index (χ2n) is 9.65. The summed E-state index contributed by atoms with van der Waals surface area (Å²) in [5.74, 6) is 0.400. The molecule has 1 aliphatic heterocycles. The minimum Gasteiger partial charge on any atom is -0.493 e. The lowest BCUT2D eigenvalue weighted by Crippen LogP contribution is -2.40. The van der Waals surface area contributed by atoms with Gasteiger partial charge in [0, 0.05) is 0 Å². The van der Waals surface area contributed by atoms with Gasteiger partial charge in [-0.15, -0.1) is 0 Å². The fraction of sp³-hybridized carbons (Fsp3) is 0.333. The van der Waals surface area contributed by atoms with Crippen molar-refractivity contribution >= 4 is 29.4 Å². The number of carbonyl (C=O) groups excluding carboxylic acids is 2. The van der Waals surface area contributed by atoms with Gasteiger partial charge in [0.15, 0.2) is 16.3 Å². The fourth-order valence-electron chi connectivity index (χ4n) is 4.47. The van der Waals surface area contributed by atoms with Crippen molar-refractivity contribution < 1.29 is 33.3 Å². The second kappa shape index (κ2) is 12.4. The van der Waals surface area contributed by atoms with Crippen LogP contribution in [0.5, 0.6) is 17.2 Å². The summed E-state index contributed by atoms with van der Waals surface area (Å²) in [4.78, 5) is 44.4. The standard InChI is InChI=1S/C30H32N2O8S/c1-16(2)15-40-29(35)24-17(3)31-30-32(25(24)19-8-10-20(11-9-19)28(34)39-7)27(33)23(41-30)14-18-12-21(36-4)26(38-6)22(13-18)37-5/h8-14,16,25H,15H2,1-7H3. The highest BCUT2D eigenvalue weighted by Crippen LogP contribution is 2.38. The molecule has 1 aliphatic rings. The van der Waals surface area contributed by atoms with Gasteiger partial charge in [-0.1, -0.05) is 37.3 Å². The molecule has 0 saturated carbocycles. The van der Waals surface area contributed by atoms with Gasteiger partial charge in [-0.2, -0.15) is 0 Å². The van der Waals surface area contributed by atoms with Crippen LogP contribution in [0.2, 0.25) is 0 Å². The molecule has 216 valence electrons. The molecular formula is C30H32N2O8S. The van der Waals surface area contributed by atoms with E-state index >= 15 is 0 Å². The highest BCUT2D eigenvalue weighted by Gasteiger charge is 2.33. The number of ether oxygens (including phenoxy) is 5. The Morgan fingerprint density at radius 1 is 1.00 bits per heavy atom. The smallest absolute Gasteiger partial charge is 0.338 e. The summed E-state index contributed by atoms with van der Waals surface area (Å²) < 4.78 is 28.6. The molecule has 41 heavy (non-hydrogen) atoms. The van der Waals surface area contributed by atoms with Crippen LogP contribution >= 0.6 is 11.3 Å². The molecule has 4 rings (SSSR count). The number of benzene rings is 2. The first kappa shape index (κ1) is 29.6. The largest absolute Gasteiger partial charge is 0.493 e. The molecule has 1 aromatic heterocycles. The summed E-state index contributed by atoms with van der Waals surface area (Å²) in [6.07, 6.45) is 1.71. The first-order chi connectivity index (χ1) is 19.6. The molecule has 10 nitrogen and oxygen atoms in total. The normalized spacial score (nSPS) is 14.8. The summed E-state index contributed by atoms with van der Waals surface area (Å²) in [6, 6.07) is 9.24. The van der Waals surface area contributed by atoms with Crippen molar-refractivity contribution in [1.29, 1.82) is 0 Å². The SMILES string of the molecule is COC(=O)c1ccc(C2C(C(=O)OCC(C)C)=C(C)N=c3sc(=Cc4cc(OC)c(OC)c(OC)c4)c(=O)n32)cc1. The highest BCUT2D eigenvalue weighted by atomic mass is 32.1. The van der Waals surface area contributed by atoms with E-state index in [1.165, 1.54) is 44.3 Å². The zero-order valence-corrected chi connectivity index (χ0v) is 24.8. The van der Waals surface area contributed by atoms with E-state index in [0.717, 1.165) is 0 Å². The maximum Gasteiger partial charge on any atom is 0.338 e. The molecule has 0 spiro atoms. The van der Waals surface area contributed by atoms with E-state index < -0.39 is 18.0 Å². The Morgan fingerprint density at radius 2 is 1.63 bits per heavy atom. The van der Waals surface area contributed by atoms with Gasteiger partial charge in [0.1, 0.15) is 0 Å². The highest BCUT2D eigenvalue weighted by molar-refractivity contribution is 7.07. The molecule has 1 atom stereocenters. The van der Waals surface area contributed by atoms with E-state index in [4.69, 9.17) is 23.7 Å². The minimum atomic E-state index is -0.820. The van der Waals surface area contributed by atoms with Crippen LogP contribution in [0.25, 0.3) is 6.08 Å². The monoisotopic (exact) mass is 580 g/mol. The van der Waals surface area contributed by atoms with Crippen LogP contribution in [0.1, 0.15) is 48.3 Å². The summed E-state index contributed by atoms with van der Waals surface area (Å²) >= 11 is 1.19. The van der Waals surface area contributed by atoms with Gasteiger partial charge < -0.3 is 23.7 Å². The van der Waals surface area contributed by atoms with Gasteiger partial charge in [-0.3, -0.25) is 9.36 Å². The number of allylic oxidation sites excluding steroid dienone is 1. The Morgan fingerprint density at radius 3 is 2.17 bits per heavy atom. The average Bonchev–Trinajstić information content (AvgIpc) is 3.27. The third-order valence-corrected chi connectivity index (χ3v) is 7.40. The first-order valence-corrected chi connectivity index (χ1v) is 13.6. The average molecular weight is 581 g/mol. The number of thiazole rings is 1. The lowest BCUT2D eigenvalue weighted by Gasteiger charge is -2.25. The maximum atomic E-state index is 13.9. The van der Waals surface area contributed by atoms with Gasteiger partial charge in [0.05, 0.1) is 62.5 Å². The van der Waals surface area contributed by atoms with Crippen LogP contribution in [0, 0.1) is 5.92 Å². The summed E-state index contributed by atoms with van der Waals surface area (Å²) in [6.45, 7) is 5.82. The number of esters is 2. The van der Waals surface area contributed by atoms with Crippen LogP contribution < -0.4 is 29.1 Å². The first-order valence-electron chi connectivity index (χ1n) is 12.8. The predicted octanol–water partition coefficient (Wildman–Crippen LogP) is 3.25. The Hall–Kier alpha value is -4.38. The van der Waals surface area contributed by atoms with Crippen molar-refractivity contribution in [2.75, 3.05) is 35.0 Å². The Bertz CT molecular complexity index is 1660. The van der Waals surface area contributed by atoms with Crippen molar-refractivity contribution in [2.24, 2.45) is 10.9 Å². The Kier molecular flexibility index (Phi) is 8.97. The van der Waals surface area contributed by atoms with E-state index in [2.05, 4.69) is 4.99 Å². The van der Waals surface area contributed by atoms with Crippen molar-refractivity contribution in [3.05, 3.63) is 84.0 Å². The molecule has 2 aromatic carbocycles. The lowest BCUT2D eigenvalue weighted by atomic mass is 9.95. The molecular weight excluding hydrogens is 548 g/mol. The number of rotatable bonds is 9. The molecule has 0 aliphatic carbocycles. The summed E-state index contributed by atoms with van der Waals surface area (Å²) in [5, 5.41) is 0. The fourth-order valence-corrected chi connectivity index (χ4v) is 5.52. The zero-order chi connectivity index (χ0) is 29.8. The van der Waals surface area contributed by atoms with Gasteiger partial charge in [-0.05, 0) is 54.3 Å². The van der Waals surface area contributed by atoms with Gasteiger partial charge in [0.25, 0.3) is 5.56 Å². The van der Waals surface area contributed by atoms with E-state index in [9.17, 15) is 14.4 Å².